The van der Waals surface area contributed by atoms with E-state index in [1.54, 1.807) is 6.07 Å². The molecular weight excluding hydrogens is 308 g/mol. The Hall–Kier alpha value is -2.89. The maximum Gasteiger partial charge on any atom is 0.269 e. The van der Waals surface area contributed by atoms with Gasteiger partial charge in [0.05, 0.1) is 4.92 Å². The maximum atomic E-state index is 11.9. The smallest absolute Gasteiger partial charge is 0.269 e. The second-order valence-corrected chi connectivity index (χ2v) is 6.42. The van der Waals surface area contributed by atoms with E-state index >= 15 is 0 Å². The lowest BCUT2D eigenvalue weighted by molar-refractivity contribution is -0.384. The quantitative estimate of drug-likeness (QED) is 0.666. The minimum Gasteiger partial charge on any atom is -0.484 e. The van der Waals surface area contributed by atoms with Crippen molar-refractivity contribution < 1.29 is 14.5 Å². The van der Waals surface area contributed by atoms with E-state index in [9.17, 15) is 14.9 Å². The van der Waals surface area contributed by atoms with Gasteiger partial charge in [-0.05, 0) is 35.2 Å². The molecule has 6 heteroatoms. The van der Waals surface area contributed by atoms with Crippen molar-refractivity contribution in [3.05, 3.63) is 64.2 Å². The summed E-state index contributed by atoms with van der Waals surface area (Å²) in [5.41, 5.74) is 1.58. The van der Waals surface area contributed by atoms with Crippen LogP contribution in [0.3, 0.4) is 0 Å². The molecule has 0 aliphatic heterocycles. The van der Waals surface area contributed by atoms with Crippen molar-refractivity contribution in [1.82, 2.24) is 0 Å². The number of carbonyl (C=O) groups excluding carboxylic acids is 1. The van der Waals surface area contributed by atoms with Crippen molar-refractivity contribution in [1.29, 1.82) is 0 Å². The van der Waals surface area contributed by atoms with E-state index in [1.807, 2.05) is 18.2 Å². The molecule has 0 aromatic heterocycles. The summed E-state index contributed by atoms with van der Waals surface area (Å²) in [7, 11) is 0. The van der Waals surface area contributed by atoms with E-state index in [0.717, 1.165) is 5.56 Å². The van der Waals surface area contributed by atoms with Gasteiger partial charge in [-0.1, -0.05) is 32.9 Å². The average Bonchev–Trinajstić information content (AvgIpc) is 2.53. The van der Waals surface area contributed by atoms with Crippen molar-refractivity contribution in [3.8, 4) is 5.75 Å². The second-order valence-electron chi connectivity index (χ2n) is 6.42. The molecule has 0 unspecified atom stereocenters. The van der Waals surface area contributed by atoms with Gasteiger partial charge in [0.25, 0.3) is 11.6 Å². The molecule has 0 aliphatic carbocycles. The number of rotatable bonds is 5. The molecule has 24 heavy (non-hydrogen) atoms. The normalized spacial score (nSPS) is 11.0. The fourth-order valence-electron chi connectivity index (χ4n) is 2.06. The molecule has 2 aromatic carbocycles. The number of amides is 1. The Bertz CT molecular complexity index is 733. The van der Waals surface area contributed by atoms with E-state index in [0.29, 0.717) is 11.4 Å². The van der Waals surface area contributed by atoms with Crippen LogP contribution in [-0.2, 0) is 10.2 Å². The third-order valence-electron chi connectivity index (χ3n) is 3.43. The van der Waals surface area contributed by atoms with E-state index in [2.05, 4.69) is 26.1 Å². The number of benzene rings is 2. The van der Waals surface area contributed by atoms with Gasteiger partial charge in [0, 0.05) is 17.8 Å². The lowest BCUT2D eigenvalue weighted by Crippen LogP contribution is -2.20. The maximum absolute atomic E-state index is 11.9. The van der Waals surface area contributed by atoms with Crippen molar-refractivity contribution in [2.45, 2.75) is 26.2 Å². The molecule has 0 aliphatic rings. The van der Waals surface area contributed by atoms with Crippen LogP contribution in [0.2, 0.25) is 0 Å². The van der Waals surface area contributed by atoms with Gasteiger partial charge in [0.2, 0.25) is 0 Å². The minimum absolute atomic E-state index is 0.000382. The fraction of sp³-hybridized carbons (Fsp3) is 0.278. The van der Waals surface area contributed by atoms with Crippen molar-refractivity contribution in [2.24, 2.45) is 0 Å². The standard InChI is InChI=1S/C18H20N2O4/c1-18(2,3)13-5-4-6-16(11-13)24-12-17(21)19-14-7-9-15(10-8-14)20(22)23/h4-11H,12H2,1-3H3,(H,19,21). The van der Waals surface area contributed by atoms with Gasteiger partial charge in [-0.2, -0.15) is 0 Å². The Morgan fingerprint density at radius 2 is 1.83 bits per heavy atom. The molecule has 0 saturated heterocycles. The van der Waals surface area contributed by atoms with E-state index < -0.39 is 4.92 Å². The molecule has 0 fully saturated rings. The monoisotopic (exact) mass is 328 g/mol. The molecule has 0 heterocycles. The number of nitrogens with zero attached hydrogens (tertiary/aromatic N) is 1. The molecule has 2 aromatic rings. The second kappa shape index (κ2) is 7.12. The van der Waals surface area contributed by atoms with Crippen LogP contribution in [0.1, 0.15) is 26.3 Å². The Labute approximate surface area is 140 Å². The average molecular weight is 328 g/mol. The van der Waals surface area contributed by atoms with Gasteiger partial charge in [-0.15, -0.1) is 0 Å². The van der Waals surface area contributed by atoms with Crippen LogP contribution in [0.25, 0.3) is 0 Å². The lowest BCUT2D eigenvalue weighted by atomic mass is 9.87. The molecule has 0 radical (unpaired) electrons. The molecule has 0 spiro atoms. The number of nitro benzene ring substituents is 1. The SMILES string of the molecule is CC(C)(C)c1cccc(OCC(=O)Nc2ccc([N+](=O)[O-])cc2)c1. The third-order valence-corrected chi connectivity index (χ3v) is 3.43. The summed E-state index contributed by atoms with van der Waals surface area (Å²) in [6.45, 7) is 6.18. The summed E-state index contributed by atoms with van der Waals surface area (Å²) >= 11 is 0. The molecule has 0 atom stereocenters. The number of anilines is 1. The lowest BCUT2D eigenvalue weighted by Gasteiger charge is -2.19. The van der Waals surface area contributed by atoms with Crippen LogP contribution in [0.4, 0.5) is 11.4 Å². The zero-order valence-corrected chi connectivity index (χ0v) is 13.9. The number of carbonyl (C=O) groups is 1. The summed E-state index contributed by atoms with van der Waals surface area (Å²) in [6, 6.07) is 13.3. The highest BCUT2D eigenvalue weighted by Gasteiger charge is 2.14. The zero-order chi connectivity index (χ0) is 17.7. The number of hydrogen-bond donors (Lipinski definition) is 1. The molecule has 126 valence electrons. The van der Waals surface area contributed by atoms with E-state index in [1.165, 1.54) is 24.3 Å². The number of ether oxygens (including phenoxy) is 1. The highest BCUT2D eigenvalue weighted by molar-refractivity contribution is 5.91. The zero-order valence-electron chi connectivity index (χ0n) is 13.9. The number of nitro groups is 1. The van der Waals surface area contributed by atoms with Gasteiger partial charge in [-0.25, -0.2) is 0 Å². The Balaban J connectivity index is 1.92. The predicted molar refractivity (Wildman–Crippen MR) is 92.4 cm³/mol. The van der Waals surface area contributed by atoms with Crippen LogP contribution >= 0.6 is 0 Å². The van der Waals surface area contributed by atoms with Crippen molar-refractivity contribution in [3.63, 3.8) is 0 Å². The third kappa shape index (κ3) is 4.81. The molecule has 2 rings (SSSR count). The summed E-state index contributed by atoms with van der Waals surface area (Å²) in [5.74, 6) is 0.297. The molecule has 6 nitrogen and oxygen atoms in total. The largest absolute Gasteiger partial charge is 0.484 e. The van der Waals surface area contributed by atoms with E-state index in [4.69, 9.17) is 4.74 Å². The van der Waals surface area contributed by atoms with E-state index in [-0.39, 0.29) is 23.6 Å². The summed E-state index contributed by atoms with van der Waals surface area (Å²) in [6.07, 6.45) is 0. The van der Waals surface area contributed by atoms with Crippen LogP contribution in [-0.4, -0.2) is 17.4 Å². The predicted octanol–water partition coefficient (Wildman–Crippen LogP) is 3.91. The highest BCUT2D eigenvalue weighted by atomic mass is 16.6. The molecule has 0 saturated carbocycles. The first kappa shape index (κ1) is 17.5. The van der Waals surface area contributed by atoms with Crippen molar-refractivity contribution >= 4 is 17.3 Å². The molecule has 1 amide bonds. The van der Waals surface area contributed by atoms with Gasteiger partial charge in [0.15, 0.2) is 6.61 Å². The first-order valence-electron chi connectivity index (χ1n) is 7.53. The Kier molecular flexibility index (Phi) is 5.18. The number of nitrogens with one attached hydrogen (secondary N) is 1. The molecular formula is C18H20N2O4. The topological polar surface area (TPSA) is 81.5 Å². The fourth-order valence-corrected chi connectivity index (χ4v) is 2.06. The first-order valence-corrected chi connectivity index (χ1v) is 7.53. The highest BCUT2D eigenvalue weighted by Crippen LogP contribution is 2.25. The number of hydrogen-bond acceptors (Lipinski definition) is 4. The first-order chi connectivity index (χ1) is 11.3. The minimum atomic E-state index is -0.489. The Morgan fingerprint density at radius 3 is 2.42 bits per heavy atom. The van der Waals surface area contributed by atoms with Crippen molar-refractivity contribution in [2.75, 3.05) is 11.9 Å². The van der Waals surface area contributed by atoms with Gasteiger partial charge < -0.3 is 10.1 Å². The van der Waals surface area contributed by atoms with Gasteiger partial charge in [0.1, 0.15) is 5.75 Å². The van der Waals surface area contributed by atoms with Crippen LogP contribution in [0.15, 0.2) is 48.5 Å². The summed E-state index contributed by atoms with van der Waals surface area (Å²) in [5, 5.41) is 13.2. The Morgan fingerprint density at radius 1 is 1.17 bits per heavy atom. The summed E-state index contributed by atoms with van der Waals surface area (Å²) < 4.78 is 5.52. The van der Waals surface area contributed by atoms with Gasteiger partial charge in [-0.3, -0.25) is 14.9 Å². The van der Waals surface area contributed by atoms with Crippen LogP contribution in [0.5, 0.6) is 5.75 Å². The molecule has 0 bridgehead atoms. The van der Waals surface area contributed by atoms with Crippen LogP contribution < -0.4 is 10.1 Å². The van der Waals surface area contributed by atoms with Crippen LogP contribution in [0, 0.1) is 10.1 Å². The molecule has 1 N–H and O–H groups in total. The van der Waals surface area contributed by atoms with Gasteiger partial charge >= 0.3 is 0 Å². The number of non-ortho nitro benzene ring substituents is 1. The summed E-state index contributed by atoms with van der Waals surface area (Å²) in [4.78, 5) is 22.0.